The third-order valence-electron chi connectivity index (χ3n) is 1.53. The summed E-state index contributed by atoms with van der Waals surface area (Å²) in [6.45, 7) is 0.936. The third-order valence-corrected chi connectivity index (χ3v) is 2.44. The van der Waals surface area contributed by atoms with Crippen LogP contribution in [-0.4, -0.2) is 7.85 Å². The highest BCUT2D eigenvalue weighted by molar-refractivity contribution is 7.97. The van der Waals surface area contributed by atoms with Crippen LogP contribution < -0.4 is 10.2 Å². The van der Waals surface area contributed by atoms with Gasteiger partial charge in [0.05, 0.1) is 0 Å². The van der Waals surface area contributed by atoms with Crippen molar-refractivity contribution in [3.8, 4) is 0 Å². The average Bonchev–Trinajstić information content (AvgIpc) is 2.33. The SMILES string of the molecule is [B]c1ccc2c(c1)CNS2. The van der Waals surface area contributed by atoms with E-state index >= 15 is 0 Å². The number of fused-ring (bicyclic) bond motifs is 1. The van der Waals surface area contributed by atoms with Crippen molar-refractivity contribution < 1.29 is 0 Å². The molecule has 0 saturated heterocycles. The standard InChI is InChI=1S/C7H6BNS/c8-6-1-2-7-5(3-6)4-9-10-7/h1-3,9H,4H2. The molecule has 0 aromatic heterocycles. The predicted molar refractivity (Wildman–Crippen MR) is 44.5 cm³/mol. The molecule has 2 radical (unpaired) electrons. The summed E-state index contributed by atoms with van der Waals surface area (Å²) in [5.41, 5.74) is 2.16. The summed E-state index contributed by atoms with van der Waals surface area (Å²) in [7, 11) is 5.59. The lowest BCUT2D eigenvalue weighted by Crippen LogP contribution is -2.02. The molecule has 1 aliphatic rings. The lowest BCUT2D eigenvalue weighted by molar-refractivity contribution is 0.996. The summed E-state index contributed by atoms with van der Waals surface area (Å²) >= 11 is 1.67. The van der Waals surface area contributed by atoms with E-state index in [1.54, 1.807) is 11.9 Å². The van der Waals surface area contributed by atoms with E-state index in [1.165, 1.54) is 10.5 Å². The fourth-order valence-electron chi connectivity index (χ4n) is 1.03. The maximum absolute atomic E-state index is 5.59. The van der Waals surface area contributed by atoms with Crippen molar-refractivity contribution >= 4 is 25.3 Å². The summed E-state index contributed by atoms with van der Waals surface area (Å²) in [4.78, 5) is 1.30. The van der Waals surface area contributed by atoms with Crippen LogP contribution >= 0.6 is 11.9 Å². The van der Waals surface area contributed by atoms with E-state index < -0.39 is 0 Å². The Labute approximate surface area is 65.8 Å². The van der Waals surface area contributed by atoms with Gasteiger partial charge in [0, 0.05) is 11.4 Å². The van der Waals surface area contributed by atoms with Crippen LogP contribution in [0.3, 0.4) is 0 Å². The summed E-state index contributed by atoms with van der Waals surface area (Å²) in [6.07, 6.45) is 0. The molecule has 10 heavy (non-hydrogen) atoms. The maximum Gasteiger partial charge on any atom is 0.113 e. The van der Waals surface area contributed by atoms with E-state index in [-0.39, 0.29) is 0 Å². The van der Waals surface area contributed by atoms with E-state index in [0.717, 1.165) is 12.0 Å². The van der Waals surface area contributed by atoms with Crippen molar-refractivity contribution in [3.63, 3.8) is 0 Å². The fraction of sp³-hybridized carbons (Fsp3) is 0.143. The van der Waals surface area contributed by atoms with Gasteiger partial charge in [-0.2, -0.15) is 0 Å². The normalized spacial score (nSPS) is 15.2. The predicted octanol–water partition coefficient (Wildman–Crippen LogP) is 0.591. The molecule has 0 atom stereocenters. The van der Waals surface area contributed by atoms with Crippen LogP contribution in [0.15, 0.2) is 23.1 Å². The molecule has 3 heteroatoms. The first-order valence-corrected chi connectivity index (χ1v) is 3.96. The molecule has 1 aliphatic heterocycles. The first-order valence-electron chi connectivity index (χ1n) is 3.14. The first kappa shape index (κ1) is 6.31. The van der Waals surface area contributed by atoms with E-state index in [0.29, 0.717) is 0 Å². The molecule has 0 bridgehead atoms. The van der Waals surface area contributed by atoms with Gasteiger partial charge in [0.2, 0.25) is 0 Å². The molecule has 0 unspecified atom stereocenters. The number of rotatable bonds is 0. The Kier molecular flexibility index (Phi) is 1.47. The van der Waals surface area contributed by atoms with Crippen molar-refractivity contribution in [1.29, 1.82) is 0 Å². The van der Waals surface area contributed by atoms with Gasteiger partial charge in [0.25, 0.3) is 0 Å². The van der Waals surface area contributed by atoms with Gasteiger partial charge >= 0.3 is 0 Å². The van der Waals surface area contributed by atoms with E-state index in [2.05, 4.69) is 10.8 Å². The molecule has 1 nitrogen and oxygen atoms in total. The van der Waals surface area contributed by atoms with Crippen LogP contribution in [0.1, 0.15) is 5.56 Å². The molecule has 48 valence electrons. The van der Waals surface area contributed by atoms with Crippen molar-refractivity contribution in [2.45, 2.75) is 11.4 Å². The minimum Gasteiger partial charge on any atom is -0.255 e. The number of benzene rings is 1. The highest BCUT2D eigenvalue weighted by Crippen LogP contribution is 2.25. The molecule has 2 rings (SSSR count). The van der Waals surface area contributed by atoms with Gasteiger partial charge in [-0.1, -0.05) is 17.6 Å². The second-order valence-corrected chi connectivity index (χ2v) is 3.22. The van der Waals surface area contributed by atoms with Crippen molar-refractivity contribution in [1.82, 2.24) is 4.72 Å². The largest absolute Gasteiger partial charge is 0.255 e. The summed E-state index contributed by atoms with van der Waals surface area (Å²) in [5.74, 6) is 0. The Morgan fingerprint density at radius 1 is 1.50 bits per heavy atom. The molecule has 0 aliphatic carbocycles. The summed E-state index contributed by atoms with van der Waals surface area (Å²) in [6, 6.07) is 6.00. The smallest absolute Gasteiger partial charge is 0.113 e. The van der Waals surface area contributed by atoms with Crippen LogP contribution in [0.4, 0.5) is 0 Å². The van der Waals surface area contributed by atoms with Crippen LogP contribution in [0.5, 0.6) is 0 Å². The molecule has 0 fully saturated rings. The van der Waals surface area contributed by atoms with Gasteiger partial charge < -0.3 is 0 Å². The number of hydrogen-bond donors (Lipinski definition) is 1. The minimum atomic E-state index is 0.850. The monoisotopic (exact) mass is 147 g/mol. The zero-order chi connectivity index (χ0) is 6.97. The van der Waals surface area contributed by atoms with Gasteiger partial charge in [-0.15, -0.1) is 0 Å². The highest BCUT2D eigenvalue weighted by Gasteiger charge is 2.08. The Balaban J connectivity index is 2.52. The quantitative estimate of drug-likeness (QED) is 0.425. The zero-order valence-electron chi connectivity index (χ0n) is 5.42. The zero-order valence-corrected chi connectivity index (χ0v) is 6.24. The highest BCUT2D eigenvalue weighted by atomic mass is 32.2. The van der Waals surface area contributed by atoms with E-state index in [1.807, 2.05) is 12.1 Å². The molecule has 0 saturated carbocycles. The minimum absolute atomic E-state index is 0.850. The van der Waals surface area contributed by atoms with Gasteiger partial charge in [0.1, 0.15) is 7.85 Å². The molecule has 0 amide bonds. The average molecular weight is 147 g/mol. The van der Waals surface area contributed by atoms with Crippen molar-refractivity contribution in [3.05, 3.63) is 23.8 Å². The second kappa shape index (κ2) is 2.33. The van der Waals surface area contributed by atoms with Crippen molar-refractivity contribution in [2.24, 2.45) is 0 Å². The molecule has 1 aromatic carbocycles. The lowest BCUT2D eigenvalue weighted by Gasteiger charge is -1.96. The molecule has 1 heterocycles. The fourth-order valence-corrected chi connectivity index (χ4v) is 1.81. The Hall–Kier alpha value is -0.405. The molecule has 1 N–H and O–H groups in total. The van der Waals surface area contributed by atoms with Gasteiger partial charge in [-0.25, -0.2) is 0 Å². The van der Waals surface area contributed by atoms with E-state index in [4.69, 9.17) is 7.85 Å². The lowest BCUT2D eigenvalue weighted by atomic mass is 9.94. The van der Waals surface area contributed by atoms with Gasteiger partial charge in [-0.05, 0) is 23.6 Å². The molecular weight excluding hydrogens is 141 g/mol. The number of hydrogen-bond acceptors (Lipinski definition) is 2. The van der Waals surface area contributed by atoms with E-state index in [9.17, 15) is 0 Å². The van der Waals surface area contributed by atoms with Crippen LogP contribution in [-0.2, 0) is 6.54 Å². The molecular formula is C7H6BNS. The Morgan fingerprint density at radius 3 is 3.30 bits per heavy atom. The first-order chi connectivity index (χ1) is 4.86. The number of nitrogens with one attached hydrogen (secondary N) is 1. The molecule has 1 aromatic rings. The van der Waals surface area contributed by atoms with Gasteiger partial charge in [0.15, 0.2) is 0 Å². The summed E-state index contributed by atoms with van der Waals surface area (Å²) in [5, 5.41) is 0. The Bertz CT molecular complexity index is 262. The second-order valence-electron chi connectivity index (χ2n) is 2.29. The van der Waals surface area contributed by atoms with Crippen LogP contribution in [0.25, 0.3) is 0 Å². The Morgan fingerprint density at radius 2 is 2.40 bits per heavy atom. The molecule has 0 spiro atoms. The van der Waals surface area contributed by atoms with Crippen LogP contribution in [0.2, 0.25) is 0 Å². The topological polar surface area (TPSA) is 12.0 Å². The van der Waals surface area contributed by atoms with Gasteiger partial charge in [-0.3, -0.25) is 4.72 Å². The third kappa shape index (κ3) is 0.955. The maximum atomic E-state index is 5.59. The summed E-state index contributed by atoms with van der Waals surface area (Å²) < 4.78 is 3.18. The van der Waals surface area contributed by atoms with Crippen LogP contribution in [0, 0.1) is 0 Å². The van der Waals surface area contributed by atoms with Crippen molar-refractivity contribution in [2.75, 3.05) is 0 Å².